The molecule has 0 radical (unpaired) electrons. The predicted molar refractivity (Wildman–Crippen MR) is 82.8 cm³/mol. The van der Waals surface area contributed by atoms with Crippen molar-refractivity contribution in [3.05, 3.63) is 27.7 Å². The van der Waals surface area contributed by atoms with E-state index < -0.39 is 0 Å². The van der Waals surface area contributed by atoms with Crippen molar-refractivity contribution in [1.29, 1.82) is 0 Å². The summed E-state index contributed by atoms with van der Waals surface area (Å²) in [6, 6.07) is 4.50. The van der Waals surface area contributed by atoms with Crippen LogP contribution in [0.25, 0.3) is 0 Å². The van der Waals surface area contributed by atoms with Gasteiger partial charge in [-0.2, -0.15) is 0 Å². The molecule has 0 unspecified atom stereocenters. The molecule has 0 aromatic heterocycles. The average Bonchev–Trinajstić information content (AvgIpc) is 2.36. The van der Waals surface area contributed by atoms with Gasteiger partial charge in [0, 0.05) is 23.6 Å². The zero-order chi connectivity index (χ0) is 13.8. The molecule has 0 saturated carbocycles. The van der Waals surface area contributed by atoms with Crippen molar-refractivity contribution in [2.24, 2.45) is 5.73 Å². The minimum atomic E-state index is 0.339. The highest BCUT2D eigenvalue weighted by Crippen LogP contribution is 2.26. The van der Waals surface area contributed by atoms with Gasteiger partial charge < -0.3 is 10.5 Å². The van der Waals surface area contributed by atoms with Crippen LogP contribution in [0.15, 0.2) is 16.6 Å². The van der Waals surface area contributed by atoms with Gasteiger partial charge in [-0.05, 0) is 56.5 Å². The molecule has 0 bridgehead atoms. The number of hydrogen-bond donors (Lipinski definition) is 1. The molecule has 1 fully saturated rings. The average molecular weight is 327 g/mol. The number of hydrogen-bond acceptors (Lipinski definition) is 3. The Kier molecular flexibility index (Phi) is 5.25. The summed E-state index contributed by atoms with van der Waals surface area (Å²) in [4.78, 5) is 2.40. The van der Waals surface area contributed by atoms with Crippen LogP contribution in [-0.2, 0) is 0 Å². The first kappa shape index (κ1) is 14.8. The van der Waals surface area contributed by atoms with E-state index in [1.54, 1.807) is 0 Å². The van der Waals surface area contributed by atoms with Gasteiger partial charge >= 0.3 is 0 Å². The quantitative estimate of drug-likeness (QED) is 0.924. The summed E-state index contributed by atoms with van der Waals surface area (Å²) in [6.07, 6.45) is 2.36. The fraction of sp³-hybridized carbons (Fsp3) is 0.600. The van der Waals surface area contributed by atoms with Crippen molar-refractivity contribution in [3.63, 3.8) is 0 Å². The van der Waals surface area contributed by atoms with Crippen molar-refractivity contribution >= 4 is 15.9 Å². The third kappa shape index (κ3) is 4.20. The number of likely N-dealkylation sites (tertiary alicyclic amines) is 1. The highest BCUT2D eigenvalue weighted by atomic mass is 79.9. The second kappa shape index (κ2) is 6.73. The lowest BCUT2D eigenvalue weighted by Gasteiger charge is -2.30. The first-order chi connectivity index (χ1) is 9.06. The smallest absolute Gasteiger partial charge is 0.119 e. The number of piperidine rings is 1. The minimum absolute atomic E-state index is 0.339. The summed E-state index contributed by atoms with van der Waals surface area (Å²) in [6.45, 7) is 8.02. The predicted octanol–water partition coefficient (Wildman–Crippen LogP) is 2.87. The second-order valence-corrected chi connectivity index (χ2v) is 6.22. The molecular weight excluding hydrogens is 304 g/mol. The van der Waals surface area contributed by atoms with Crippen molar-refractivity contribution in [2.45, 2.75) is 32.7 Å². The Morgan fingerprint density at radius 1 is 1.37 bits per heavy atom. The maximum atomic E-state index is 5.98. The molecule has 1 heterocycles. The van der Waals surface area contributed by atoms with Crippen molar-refractivity contribution < 1.29 is 4.74 Å². The van der Waals surface area contributed by atoms with E-state index in [0.29, 0.717) is 6.04 Å². The molecule has 0 spiro atoms. The topological polar surface area (TPSA) is 38.5 Å². The Morgan fingerprint density at radius 2 is 2.05 bits per heavy atom. The molecular formula is C15H23BrN2O. The van der Waals surface area contributed by atoms with E-state index in [1.807, 2.05) is 0 Å². The molecule has 2 rings (SSSR count). The van der Waals surface area contributed by atoms with Gasteiger partial charge in [0.05, 0.1) is 0 Å². The Morgan fingerprint density at radius 3 is 2.68 bits per heavy atom. The number of halogens is 1. The maximum Gasteiger partial charge on any atom is 0.119 e. The van der Waals surface area contributed by atoms with E-state index in [-0.39, 0.29) is 0 Å². The summed E-state index contributed by atoms with van der Waals surface area (Å²) < 4.78 is 7.03. The molecule has 1 aliphatic heterocycles. The van der Waals surface area contributed by atoms with E-state index in [2.05, 4.69) is 46.8 Å². The summed E-state index contributed by atoms with van der Waals surface area (Å²) in [5, 5.41) is 0. The number of ether oxygens (including phenoxy) is 1. The number of nitrogens with zero attached hydrogens (tertiary/aromatic N) is 1. The van der Waals surface area contributed by atoms with Gasteiger partial charge in [-0.3, -0.25) is 4.90 Å². The number of nitrogens with two attached hydrogens (primary N) is 1. The van der Waals surface area contributed by atoms with Crippen LogP contribution in [0.4, 0.5) is 0 Å². The monoisotopic (exact) mass is 326 g/mol. The van der Waals surface area contributed by atoms with E-state index in [4.69, 9.17) is 10.5 Å². The molecule has 0 amide bonds. The Bertz CT molecular complexity index is 413. The Hall–Kier alpha value is -0.580. The summed E-state index contributed by atoms with van der Waals surface area (Å²) in [5.41, 5.74) is 8.41. The molecule has 3 nitrogen and oxygen atoms in total. The van der Waals surface area contributed by atoms with Crippen LogP contribution in [0.3, 0.4) is 0 Å². The fourth-order valence-corrected chi connectivity index (χ4v) is 2.81. The van der Waals surface area contributed by atoms with E-state index in [1.165, 1.54) is 22.0 Å². The first-order valence-corrected chi connectivity index (χ1v) is 7.73. The zero-order valence-corrected chi connectivity index (χ0v) is 13.4. The lowest BCUT2D eigenvalue weighted by molar-refractivity contribution is 0.171. The van der Waals surface area contributed by atoms with Crippen molar-refractivity contribution in [2.75, 3.05) is 26.2 Å². The molecule has 1 aromatic rings. The highest BCUT2D eigenvalue weighted by Gasteiger charge is 2.16. The molecule has 2 N–H and O–H groups in total. The van der Waals surface area contributed by atoms with Crippen molar-refractivity contribution in [1.82, 2.24) is 4.90 Å². The van der Waals surface area contributed by atoms with Crippen LogP contribution in [-0.4, -0.2) is 37.2 Å². The van der Waals surface area contributed by atoms with Gasteiger partial charge in [0.25, 0.3) is 0 Å². The summed E-state index contributed by atoms with van der Waals surface area (Å²) in [7, 11) is 0. The van der Waals surface area contributed by atoms with Gasteiger partial charge in [0.15, 0.2) is 0 Å². The van der Waals surface area contributed by atoms with Crippen LogP contribution in [0, 0.1) is 13.8 Å². The molecule has 19 heavy (non-hydrogen) atoms. The van der Waals surface area contributed by atoms with E-state index in [0.717, 1.165) is 38.4 Å². The molecule has 1 atom stereocenters. The second-order valence-electron chi connectivity index (χ2n) is 5.42. The maximum absolute atomic E-state index is 5.98. The third-order valence-corrected chi connectivity index (χ3v) is 4.88. The first-order valence-electron chi connectivity index (χ1n) is 6.93. The molecule has 4 heteroatoms. The van der Waals surface area contributed by atoms with Gasteiger partial charge in [0.2, 0.25) is 0 Å². The lowest BCUT2D eigenvalue weighted by atomic mass is 10.1. The zero-order valence-electron chi connectivity index (χ0n) is 11.8. The molecule has 1 saturated heterocycles. The third-order valence-electron chi connectivity index (χ3n) is 3.63. The minimum Gasteiger partial charge on any atom is -0.492 e. The molecule has 1 aliphatic rings. The van der Waals surface area contributed by atoms with Gasteiger partial charge in [-0.25, -0.2) is 0 Å². The lowest BCUT2D eigenvalue weighted by Crippen LogP contribution is -2.44. The standard InChI is InChI=1S/C15H23BrN2O/c1-11-8-14(9-12(2)15(11)16)19-7-6-18-5-3-4-13(17)10-18/h8-9,13H,3-7,10,17H2,1-2H3/t13-/m1/s1. The summed E-state index contributed by atoms with van der Waals surface area (Å²) in [5.74, 6) is 0.958. The normalized spacial score (nSPS) is 20.5. The van der Waals surface area contributed by atoms with Crippen LogP contribution < -0.4 is 10.5 Å². The van der Waals surface area contributed by atoms with E-state index in [9.17, 15) is 0 Å². The number of aryl methyl sites for hydroxylation is 2. The number of rotatable bonds is 4. The molecule has 1 aromatic carbocycles. The van der Waals surface area contributed by atoms with Crippen LogP contribution in [0.5, 0.6) is 5.75 Å². The van der Waals surface area contributed by atoms with Crippen LogP contribution in [0.2, 0.25) is 0 Å². The van der Waals surface area contributed by atoms with Crippen LogP contribution in [0.1, 0.15) is 24.0 Å². The SMILES string of the molecule is Cc1cc(OCCN2CCC[C@@H](N)C2)cc(C)c1Br. The fourth-order valence-electron chi connectivity index (χ4n) is 2.58. The van der Waals surface area contributed by atoms with E-state index >= 15 is 0 Å². The van der Waals surface area contributed by atoms with Crippen molar-refractivity contribution in [3.8, 4) is 5.75 Å². The van der Waals surface area contributed by atoms with Gasteiger partial charge in [-0.1, -0.05) is 15.9 Å². The number of benzene rings is 1. The molecule has 106 valence electrons. The van der Waals surface area contributed by atoms with Gasteiger partial charge in [0.1, 0.15) is 12.4 Å². The largest absolute Gasteiger partial charge is 0.492 e. The Balaban J connectivity index is 1.82. The van der Waals surface area contributed by atoms with Crippen LogP contribution >= 0.6 is 15.9 Å². The summed E-state index contributed by atoms with van der Waals surface area (Å²) >= 11 is 3.57. The molecule has 0 aliphatic carbocycles. The van der Waals surface area contributed by atoms with Gasteiger partial charge in [-0.15, -0.1) is 0 Å². The highest BCUT2D eigenvalue weighted by molar-refractivity contribution is 9.10. The Labute approximate surface area is 124 Å².